The Bertz CT molecular complexity index is 807. The van der Waals surface area contributed by atoms with Gasteiger partial charge in [-0.05, 0) is 19.1 Å². The maximum absolute atomic E-state index is 12.4. The molecule has 1 aromatic heterocycles. The highest BCUT2D eigenvalue weighted by atomic mass is 79.9. The SMILES string of the molecule is CCOC(=O)c1c(-c2ccccc2Br)[nH]c2ccccc12. The van der Waals surface area contributed by atoms with Crippen molar-refractivity contribution in [3.05, 3.63) is 58.6 Å². The zero-order valence-electron chi connectivity index (χ0n) is 11.5. The Morgan fingerprint density at radius 2 is 1.86 bits per heavy atom. The van der Waals surface area contributed by atoms with Crippen LogP contribution in [0.5, 0.6) is 0 Å². The van der Waals surface area contributed by atoms with E-state index in [1.165, 1.54) is 0 Å². The first-order valence-corrected chi connectivity index (χ1v) is 7.54. The lowest BCUT2D eigenvalue weighted by atomic mass is 10.1. The number of fused-ring (bicyclic) bond motifs is 1. The second kappa shape index (κ2) is 5.74. The average molecular weight is 344 g/mol. The fraction of sp³-hybridized carbons (Fsp3) is 0.118. The number of benzene rings is 2. The second-order valence-electron chi connectivity index (χ2n) is 4.62. The first kappa shape index (κ1) is 13.9. The lowest BCUT2D eigenvalue weighted by molar-refractivity contribution is 0.0529. The van der Waals surface area contributed by atoms with Crippen LogP contribution in [-0.4, -0.2) is 17.6 Å². The third-order valence-electron chi connectivity index (χ3n) is 3.33. The Balaban J connectivity index is 2.29. The molecule has 0 bridgehead atoms. The van der Waals surface area contributed by atoms with Crippen LogP contribution in [0, 0.1) is 0 Å². The van der Waals surface area contributed by atoms with Crippen LogP contribution < -0.4 is 0 Å². The molecule has 0 unspecified atom stereocenters. The Morgan fingerprint density at radius 3 is 2.62 bits per heavy atom. The van der Waals surface area contributed by atoms with Gasteiger partial charge in [0.05, 0.1) is 17.9 Å². The summed E-state index contributed by atoms with van der Waals surface area (Å²) in [6.45, 7) is 2.17. The number of nitrogens with one attached hydrogen (secondary N) is 1. The molecular weight excluding hydrogens is 330 g/mol. The van der Waals surface area contributed by atoms with Crippen LogP contribution >= 0.6 is 15.9 Å². The van der Waals surface area contributed by atoms with Gasteiger partial charge in [0.1, 0.15) is 0 Å². The molecule has 3 aromatic rings. The summed E-state index contributed by atoms with van der Waals surface area (Å²) in [5, 5.41) is 0.877. The summed E-state index contributed by atoms with van der Waals surface area (Å²) in [5.74, 6) is -0.305. The Hall–Kier alpha value is -2.07. The van der Waals surface area contributed by atoms with Crippen LogP contribution in [0.1, 0.15) is 17.3 Å². The molecule has 0 amide bonds. The fourth-order valence-electron chi connectivity index (χ4n) is 2.42. The number of halogens is 1. The molecule has 0 radical (unpaired) electrons. The van der Waals surface area contributed by atoms with Crippen LogP contribution in [0.2, 0.25) is 0 Å². The molecule has 1 N–H and O–H groups in total. The molecule has 0 saturated carbocycles. The van der Waals surface area contributed by atoms with Crippen molar-refractivity contribution in [3.63, 3.8) is 0 Å². The summed E-state index contributed by atoms with van der Waals surface area (Å²) in [6, 6.07) is 15.6. The molecule has 21 heavy (non-hydrogen) atoms. The zero-order valence-corrected chi connectivity index (χ0v) is 13.1. The Labute approximate surface area is 131 Å². The van der Waals surface area contributed by atoms with Gasteiger partial charge in [-0.15, -0.1) is 0 Å². The molecule has 2 aromatic carbocycles. The van der Waals surface area contributed by atoms with Gasteiger partial charge < -0.3 is 9.72 Å². The smallest absolute Gasteiger partial charge is 0.340 e. The first-order chi connectivity index (χ1) is 10.2. The number of hydrogen-bond acceptors (Lipinski definition) is 2. The summed E-state index contributed by atoms with van der Waals surface area (Å²) in [5.41, 5.74) is 3.23. The lowest BCUT2D eigenvalue weighted by Gasteiger charge is -2.06. The summed E-state index contributed by atoms with van der Waals surface area (Å²) in [6.07, 6.45) is 0. The van der Waals surface area contributed by atoms with Gasteiger partial charge in [0.2, 0.25) is 0 Å². The van der Waals surface area contributed by atoms with Crippen molar-refractivity contribution in [3.8, 4) is 11.3 Å². The van der Waals surface area contributed by atoms with Crippen LogP contribution in [0.15, 0.2) is 53.0 Å². The molecule has 0 fully saturated rings. The van der Waals surface area contributed by atoms with E-state index in [0.717, 1.165) is 26.6 Å². The summed E-state index contributed by atoms with van der Waals surface area (Å²) in [7, 11) is 0. The van der Waals surface area contributed by atoms with Crippen molar-refractivity contribution < 1.29 is 9.53 Å². The van der Waals surface area contributed by atoms with Crippen LogP contribution in [0.25, 0.3) is 22.2 Å². The van der Waals surface area contributed by atoms with Crippen molar-refractivity contribution in [2.24, 2.45) is 0 Å². The molecule has 0 aliphatic heterocycles. The molecule has 0 aliphatic rings. The number of ether oxygens (including phenoxy) is 1. The Morgan fingerprint density at radius 1 is 1.14 bits per heavy atom. The number of esters is 1. The van der Waals surface area contributed by atoms with Gasteiger partial charge in [-0.1, -0.05) is 52.3 Å². The Kier molecular flexibility index (Phi) is 3.80. The van der Waals surface area contributed by atoms with Gasteiger partial charge in [0.15, 0.2) is 0 Å². The van der Waals surface area contributed by atoms with E-state index in [2.05, 4.69) is 20.9 Å². The maximum Gasteiger partial charge on any atom is 0.340 e. The molecule has 3 rings (SSSR count). The summed E-state index contributed by atoms with van der Waals surface area (Å²) < 4.78 is 6.15. The van der Waals surface area contributed by atoms with Gasteiger partial charge in [-0.3, -0.25) is 0 Å². The van der Waals surface area contributed by atoms with Gasteiger partial charge in [-0.25, -0.2) is 4.79 Å². The van der Waals surface area contributed by atoms with Crippen molar-refractivity contribution >= 4 is 32.8 Å². The standard InChI is InChI=1S/C17H14BrNO2/c1-2-21-17(20)15-12-8-4-6-10-14(12)19-16(15)11-7-3-5-9-13(11)18/h3-10,19H,2H2,1H3. The van der Waals surface area contributed by atoms with E-state index in [-0.39, 0.29) is 5.97 Å². The minimum atomic E-state index is -0.305. The quantitative estimate of drug-likeness (QED) is 0.695. The number of H-pyrrole nitrogens is 1. The monoisotopic (exact) mass is 343 g/mol. The van der Waals surface area contributed by atoms with E-state index in [4.69, 9.17) is 4.74 Å². The van der Waals surface area contributed by atoms with Gasteiger partial charge in [0.25, 0.3) is 0 Å². The van der Waals surface area contributed by atoms with Gasteiger partial charge in [-0.2, -0.15) is 0 Å². The van der Waals surface area contributed by atoms with E-state index in [1.54, 1.807) is 0 Å². The highest BCUT2D eigenvalue weighted by Crippen LogP contribution is 2.34. The van der Waals surface area contributed by atoms with Gasteiger partial charge >= 0.3 is 5.97 Å². The molecule has 106 valence electrons. The molecular formula is C17H14BrNO2. The topological polar surface area (TPSA) is 42.1 Å². The predicted octanol–water partition coefficient (Wildman–Crippen LogP) is 4.77. The van der Waals surface area contributed by atoms with Crippen LogP contribution in [-0.2, 0) is 4.74 Å². The molecule has 1 heterocycles. The van der Waals surface area contributed by atoms with Crippen molar-refractivity contribution in [2.45, 2.75) is 6.92 Å². The van der Waals surface area contributed by atoms with Crippen LogP contribution in [0.3, 0.4) is 0 Å². The first-order valence-electron chi connectivity index (χ1n) is 6.75. The van der Waals surface area contributed by atoms with Crippen LogP contribution in [0.4, 0.5) is 0 Å². The van der Waals surface area contributed by atoms with Crippen molar-refractivity contribution in [1.82, 2.24) is 4.98 Å². The van der Waals surface area contributed by atoms with Crippen molar-refractivity contribution in [2.75, 3.05) is 6.61 Å². The molecule has 4 heteroatoms. The minimum Gasteiger partial charge on any atom is -0.462 e. The summed E-state index contributed by atoms with van der Waals surface area (Å²) >= 11 is 3.54. The number of hydrogen-bond donors (Lipinski definition) is 1. The number of carbonyl (C=O) groups is 1. The number of rotatable bonds is 3. The largest absolute Gasteiger partial charge is 0.462 e. The van der Waals surface area contributed by atoms with Gasteiger partial charge in [0, 0.05) is 20.9 Å². The number of para-hydroxylation sites is 1. The molecule has 0 spiro atoms. The normalized spacial score (nSPS) is 10.8. The predicted molar refractivity (Wildman–Crippen MR) is 87.4 cm³/mol. The number of aromatic nitrogens is 1. The van der Waals surface area contributed by atoms with E-state index in [9.17, 15) is 4.79 Å². The molecule has 0 saturated heterocycles. The van der Waals surface area contributed by atoms with Crippen molar-refractivity contribution in [1.29, 1.82) is 0 Å². The molecule has 3 nitrogen and oxygen atoms in total. The van der Waals surface area contributed by atoms with E-state index in [0.29, 0.717) is 12.2 Å². The highest BCUT2D eigenvalue weighted by molar-refractivity contribution is 9.10. The fourth-order valence-corrected chi connectivity index (χ4v) is 2.91. The lowest BCUT2D eigenvalue weighted by Crippen LogP contribution is -2.05. The third kappa shape index (κ3) is 2.47. The average Bonchev–Trinajstić information content (AvgIpc) is 2.87. The third-order valence-corrected chi connectivity index (χ3v) is 4.02. The zero-order chi connectivity index (χ0) is 14.8. The highest BCUT2D eigenvalue weighted by Gasteiger charge is 2.21. The number of carbonyl (C=O) groups excluding carboxylic acids is 1. The second-order valence-corrected chi connectivity index (χ2v) is 5.48. The maximum atomic E-state index is 12.4. The summed E-state index contributed by atoms with van der Waals surface area (Å²) in [4.78, 5) is 15.7. The van der Waals surface area contributed by atoms with E-state index >= 15 is 0 Å². The number of aromatic amines is 1. The van der Waals surface area contributed by atoms with E-state index < -0.39 is 0 Å². The molecule has 0 atom stereocenters. The molecule has 0 aliphatic carbocycles. The minimum absolute atomic E-state index is 0.305. The van der Waals surface area contributed by atoms with E-state index in [1.807, 2.05) is 55.5 Å².